The Hall–Kier alpha value is -1.95. The maximum absolute atomic E-state index is 12.1. The molecule has 29 heavy (non-hydrogen) atoms. The topological polar surface area (TPSA) is 85.8 Å². The molecule has 10 heteroatoms. The van der Waals surface area contributed by atoms with Gasteiger partial charge in [0.15, 0.2) is 5.96 Å². The number of rotatable bonds is 5. The van der Waals surface area contributed by atoms with Gasteiger partial charge in [0.05, 0.1) is 0 Å². The van der Waals surface area contributed by atoms with Gasteiger partial charge in [-0.05, 0) is 30.3 Å². The van der Waals surface area contributed by atoms with Crippen molar-refractivity contribution < 1.29 is 4.79 Å². The minimum atomic E-state index is -0.0312. The average Bonchev–Trinajstić information content (AvgIpc) is 2.74. The lowest BCUT2D eigenvalue weighted by Gasteiger charge is -2.36. The molecule has 0 spiro atoms. The summed E-state index contributed by atoms with van der Waals surface area (Å²) in [6.07, 6.45) is 3.88. The third-order valence-corrected chi connectivity index (χ3v) is 4.92. The molecule has 1 aliphatic rings. The van der Waals surface area contributed by atoms with E-state index in [2.05, 4.69) is 51.3 Å². The molecular formula is C19H25BrIN7O. The van der Waals surface area contributed by atoms with E-state index in [-0.39, 0.29) is 29.9 Å². The molecule has 0 unspecified atom stereocenters. The van der Waals surface area contributed by atoms with E-state index < -0.39 is 0 Å². The summed E-state index contributed by atoms with van der Waals surface area (Å²) < 4.78 is 0.981. The summed E-state index contributed by atoms with van der Waals surface area (Å²) in [6.45, 7) is 3.83. The van der Waals surface area contributed by atoms with Crippen molar-refractivity contribution in [1.29, 1.82) is 0 Å². The zero-order chi connectivity index (χ0) is 19.8. The number of nitrogens with zero attached hydrogens (tertiary/aromatic N) is 5. The molecule has 2 N–H and O–H groups in total. The first-order valence-corrected chi connectivity index (χ1v) is 9.98. The molecule has 156 valence electrons. The molecule has 0 atom stereocenters. The van der Waals surface area contributed by atoms with Crippen molar-refractivity contribution in [2.45, 2.75) is 6.42 Å². The molecule has 2 heterocycles. The number of anilines is 2. The second-order valence-electron chi connectivity index (χ2n) is 6.30. The van der Waals surface area contributed by atoms with E-state index in [1.165, 1.54) is 0 Å². The van der Waals surface area contributed by atoms with Crippen molar-refractivity contribution >= 4 is 63.4 Å². The number of carbonyl (C=O) groups is 1. The summed E-state index contributed by atoms with van der Waals surface area (Å²) in [6, 6.07) is 9.35. The monoisotopic (exact) mass is 573 g/mol. The number of benzene rings is 1. The van der Waals surface area contributed by atoms with E-state index in [0.29, 0.717) is 13.0 Å². The molecule has 8 nitrogen and oxygen atoms in total. The second kappa shape index (κ2) is 11.9. The predicted molar refractivity (Wildman–Crippen MR) is 130 cm³/mol. The summed E-state index contributed by atoms with van der Waals surface area (Å²) in [5.74, 6) is 1.54. The van der Waals surface area contributed by atoms with E-state index >= 15 is 0 Å². The maximum atomic E-state index is 12.1. The lowest BCUT2D eigenvalue weighted by Crippen LogP contribution is -2.53. The van der Waals surface area contributed by atoms with E-state index in [0.717, 1.165) is 48.2 Å². The van der Waals surface area contributed by atoms with Crippen LogP contribution in [0.3, 0.4) is 0 Å². The van der Waals surface area contributed by atoms with Crippen LogP contribution >= 0.6 is 39.9 Å². The third kappa shape index (κ3) is 7.11. The Kier molecular flexibility index (Phi) is 9.58. The average molecular weight is 574 g/mol. The first kappa shape index (κ1) is 23.3. The van der Waals surface area contributed by atoms with Crippen LogP contribution in [0.1, 0.15) is 6.42 Å². The van der Waals surface area contributed by atoms with Gasteiger partial charge in [-0.25, -0.2) is 9.97 Å². The van der Waals surface area contributed by atoms with Crippen LogP contribution in [0.5, 0.6) is 0 Å². The molecule has 3 rings (SSSR count). The largest absolute Gasteiger partial charge is 0.356 e. The minimum Gasteiger partial charge on any atom is -0.356 e. The number of halogens is 2. The van der Waals surface area contributed by atoms with Crippen LogP contribution in [0, 0.1) is 0 Å². The zero-order valence-electron chi connectivity index (χ0n) is 16.2. The van der Waals surface area contributed by atoms with Crippen LogP contribution in [0.4, 0.5) is 11.6 Å². The zero-order valence-corrected chi connectivity index (χ0v) is 20.1. The fourth-order valence-electron chi connectivity index (χ4n) is 2.95. The number of guanidine groups is 1. The summed E-state index contributed by atoms with van der Waals surface area (Å²) in [5, 5.41) is 6.17. The summed E-state index contributed by atoms with van der Waals surface area (Å²) in [5.41, 5.74) is 0.789. The van der Waals surface area contributed by atoms with Crippen molar-refractivity contribution in [3.05, 3.63) is 47.2 Å². The van der Waals surface area contributed by atoms with E-state index in [1.54, 1.807) is 19.4 Å². The van der Waals surface area contributed by atoms with Gasteiger partial charge in [0.25, 0.3) is 0 Å². The Morgan fingerprint density at radius 2 is 1.79 bits per heavy atom. The number of aliphatic imine (C=N–C) groups is 1. The molecule has 1 saturated heterocycles. The second-order valence-corrected chi connectivity index (χ2v) is 7.22. The quantitative estimate of drug-likeness (QED) is 0.325. The number of hydrogen-bond acceptors (Lipinski definition) is 5. The summed E-state index contributed by atoms with van der Waals surface area (Å²) in [7, 11) is 1.76. The van der Waals surface area contributed by atoms with Crippen LogP contribution in [-0.4, -0.2) is 66.5 Å². The van der Waals surface area contributed by atoms with Crippen molar-refractivity contribution in [3.63, 3.8) is 0 Å². The predicted octanol–water partition coefficient (Wildman–Crippen LogP) is 2.58. The number of aromatic nitrogens is 2. The maximum Gasteiger partial charge on any atom is 0.226 e. The van der Waals surface area contributed by atoms with Gasteiger partial charge >= 0.3 is 0 Å². The van der Waals surface area contributed by atoms with Crippen molar-refractivity contribution in [1.82, 2.24) is 20.2 Å². The summed E-state index contributed by atoms with van der Waals surface area (Å²) in [4.78, 5) is 29.4. The molecule has 1 aliphatic heterocycles. The van der Waals surface area contributed by atoms with Crippen LogP contribution in [0.2, 0.25) is 0 Å². The number of nitrogens with one attached hydrogen (secondary N) is 2. The van der Waals surface area contributed by atoms with Gasteiger partial charge in [-0.2, -0.15) is 0 Å². The first-order chi connectivity index (χ1) is 13.7. The van der Waals surface area contributed by atoms with E-state index in [1.807, 2.05) is 30.3 Å². The fourth-order valence-corrected chi connectivity index (χ4v) is 3.21. The molecule has 1 amide bonds. The van der Waals surface area contributed by atoms with Crippen LogP contribution in [0.25, 0.3) is 0 Å². The van der Waals surface area contributed by atoms with Gasteiger partial charge in [-0.15, -0.1) is 24.0 Å². The molecule has 0 radical (unpaired) electrons. The van der Waals surface area contributed by atoms with Gasteiger partial charge in [0.1, 0.15) is 0 Å². The molecular weight excluding hydrogens is 549 g/mol. The number of amides is 1. The molecule has 2 aromatic rings. The Morgan fingerprint density at radius 3 is 2.41 bits per heavy atom. The standard InChI is InChI=1S/C19H24BrN7O.HI/c1-21-18(24-10-7-17(28)25-16-5-3-15(20)4-6-16)26-11-13-27(14-12-26)19-22-8-2-9-23-19;/h2-6,8-9H,7,10-14H2,1H3,(H,21,24)(H,25,28);1H. The van der Waals surface area contributed by atoms with Crippen LogP contribution < -0.4 is 15.5 Å². The molecule has 0 saturated carbocycles. The van der Waals surface area contributed by atoms with Gasteiger partial charge in [0.2, 0.25) is 11.9 Å². The number of piperazine rings is 1. The third-order valence-electron chi connectivity index (χ3n) is 4.39. The normalized spacial score (nSPS) is 14.2. The smallest absolute Gasteiger partial charge is 0.226 e. The van der Waals surface area contributed by atoms with E-state index in [9.17, 15) is 4.79 Å². The minimum absolute atomic E-state index is 0. The number of carbonyl (C=O) groups excluding carboxylic acids is 1. The highest BCUT2D eigenvalue weighted by atomic mass is 127. The highest BCUT2D eigenvalue weighted by Crippen LogP contribution is 2.14. The Morgan fingerprint density at radius 1 is 1.14 bits per heavy atom. The highest BCUT2D eigenvalue weighted by molar-refractivity contribution is 14.0. The Labute approximate surface area is 196 Å². The Bertz CT molecular complexity index is 796. The molecule has 0 aliphatic carbocycles. The van der Waals surface area contributed by atoms with Crippen molar-refractivity contribution in [2.75, 3.05) is 50.0 Å². The Balaban J connectivity index is 0.00000300. The van der Waals surface area contributed by atoms with Gasteiger partial charge < -0.3 is 20.4 Å². The van der Waals surface area contributed by atoms with Gasteiger partial charge in [-0.3, -0.25) is 9.79 Å². The van der Waals surface area contributed by atoms with Crippen molar-refractivity contribution in [3.8, 4) is 0 Å². The van der Waals surface area contributed by atoms with E-state index in [4.69, 9.17) is 0 Å². The van der Waals surface area contributed by atoms with Gasteiger partial charge in [-0.1, -0.05) is 15.9 Å². The lowest BCUT2D eigenvalue weighted by atomic mass is 10.3. The summed E-state index contributed by atoms with van der Waals surface area (Å²) >= 11 is 3.38. The molecule has 1 fully saturated rings. The lowest BCUT2D eigenvalue weighted by molar-refractivity contribution is -0.116. The molecule has 1 aromatic carbocycles. The highest BCUT2D eigenvalue weighted by Gasteiger charge is 2.21. The first-order valence-electron chi connectivity index (χ1n) is 9.18. The van der Waals surface area contributed by atoms with Gasteiger partial charge in [0, 0.05) is 68.7 Å². The fraction of sp³-hybridized carbons (Fsp3) is 0.368. The number of hydrogen-bond donors (Lipinski definition) is 2. The van der Waals surface area contributed by atoms with Crippen molar-refractivity contribution in [2.24, 2.45) is 4.99 Å². The van der Waals surface area contributed by atoms with Crippen LogP contribution in [-0.2, 0) is 4.79 Å². The SMILES string of the molecule is CN=C(NCCC(=O)Nc1ccc(Br)cc1)N1CCN(c2ncccn2)CC1.I. The van der Waals surface area contributed by atoms with Crippen LogP contribution in [0.15, 0.2) is 52.2 Å². The molecule has 1 aromatic heterocycles. The molecule has 0 bridgehead atoms.